The van der Waals surface area contributed by atoms with E-state index >= 15 is 0 Å². The molecular weight excluding hydrogens is 341 g/mol. The summed E-state index contributed by atoms with van der Waals surface area (Å²) < 4.78 is 48.0. The highest BCUT2D eigenvalue weighted by Gasteiger charge is 2.20. The SMILES string of the molecule is CCCCCC1CCC(CCCOc2cccc(OC(F)F)c2F)CC1. The van der Waals surface area contributed by atoms with Crippen LogP contribution in [0.1, 0.15) is 71.1 Å². The Balaban J connectivity index is 1.64. The van der Waals surface area contributed by atoms with Crippen molar-refractivity contribution < 1.29 is 22.6 Å². The predicted octanol–water partition coefficient (Wildman–Crippen LogP) is 6.97. The van der Waals surface area contributed by atoms with Crippen LogP contribution in [0.2, 0.25) is 0 Å². The Kier molecular flexibility index (Phi) is 9.13. The zero-order chi connectivity index (χ0) is 18.8. The van der Waals surface area contributed by atoms with Crippen LogP contribution < -0.4 is 9.47 Å². The average Bonchev–Trinajstić information content (AvgIpc) is 2.62. The van der Waals surface area contributed by atoms with Crippen molar-refractivity contribution in [2.45, 2.75) is 77.7 Å². The minimum absolute atomic E-state index is 0.0252. The Morgan fingerprint density at radius 1 is 0.962 bits per heavy atom. The summed E-state index contributed by atoms with van der Waals surface area (Å²) in [5.74, 6) is 0.280. The van der Waals surface area contributed by atoms with Crippen molar-refractivity contribution in [3.05, 3.63) is 24.0 Å². The van der Waals surface area contributed by atoms with Gasteiger partial charge in [-0.15, -0.1) is 0 Å². The van der Waals surface area contributed by atoms with Crippen LogP contribution in [0, 0.1) is 17.7 Å². The molecule has 1 saturated carbocycles. The second kappa shape index (κ2) is 11.3. The Morgan fingerprint density at radius 2 is 1.58 bits per heavy atom. The van der Waals surface area contributed by atoms with Gasteiger partial charge in [0.05, 0.1) is 6.61 Å². The van der Waals surface area contributed by atoms with E-state index in [0.717, 1.165) is 24.7 Å². The molecule has 1 aromatic rings. The Hall–Kier alpha value is -1.39. The number of benzene rings is 1. The number of unbranched alkanes of at least 4 members (excludes halogenated alkanes) is 2. The van der Waals surface area contributed by atoms with Gasteiger partial charge < -0.3 is 9.47 Å². The maximum absolute atomic E-state index is 14.0. The zero-order valence-corrected chi connectivity index (χ0v) is 15.7. The van der Waals surface area contributed by atoms with Gasteiger partial charge in [0.15, 0.2) is 11.5 Å². The molecule has 1 aliphatic rings. The topological polar surface area (TPSA) is 18.5 Å². The summed E-state index contributed by atoms with van der Waals surface area (Å²) >= 11 is 0. The first-order valence-electron chi connectivity index (χ1n) is 9.96. The molecule has 1 fully saturated rings. The van der Waals surface area contributed by atoms with Gasteiger partial charge in [-0.3, -0.25) is 0 Å². The third kappa shape index (κ3) is 7.08. The summed E-state index contributed by atoms with van der Waals surface area (Å²) in [5.41, 5.74) is 0. The molecule has 1 aliphatic carbocycles. The lowest BCUT2D eigenvalue weighted by atomic mass is 9.78. The third-order valence-corrected chi connectivity index (χ3v) is 5.34. The molecule has 0 N–H and O–H groups in total. The Labute approximate surface area is 155 Å². The van der Waals surface area contributed by atoms with E-state index in [9.17, 15) is 13.2 Å². The van der Waals surface area contributed by atoms with E-state index in [0.29, 0.717) is 6.61 Å². The first-order valence-corrected chi connectivity index (χ1v) is 9.96. The molecule has 26 heavy (non-hydrogen) atoms. The number of alkyl halides is 2. The van der Waals surface area contributed by atoms with Gasteiger partial charge in [-0.05, 0) is 36.8 Å². The van der Waals surface area contributed by atoms with Crippen molar-refractivity contribution >= 4 is 0 Å². The van der Waals surface area contributed by atoms with Crippen LogP contribution in [0.4, 0.5) is 13.2 Å². The summed E-state index contributed by atoms with van der Waals surface area (Å²) in [7, 11) is 0. The smallest absolute Gasteiger partial charge is 0.387 e. The van der Waals surface area contributed by atoms with E-state index in [1.807, 2.05) is 0 Å². The average molecular weight is 372 g/mol. The summed E-state index contributed by atoms with van der Waals surface area (Å²) in [6.07, 6.45) is 12.5. The molecule has 0 bridgehead atoms. The molecule has 1 aromatic carbocycles. The van der Waals surface area contributed by atoms with Crippen LogP contribution in [0.15, 0.2) is 18.2 Å². The number of halogens is 3. The predicted molar refractivity (Wildman–Crippen MR) is 97.4 cm³/mol. The van der Waals surface area contributed by atoms with Crippen molar-refractivity contribution in [2.24, 2.45) is 11.8 Å². The first kappa shape index (κ1) is 20.9. The Bertz CT molecular complexity index is 514. The monoisotopic (exact) mass is 372 g/mol. The molecule has 0 amide bonds. The first-order chi connectivity index (χ1) is 12.6. The fourth-order valence-corrected chi connectivity index (χ4v) is 3.84. The molecule has 148 valence electrons. The van der Waals surface area contributed by atoms with Gasteiger partial charge >= 0.3 is 6.61 Å². The lowest BCUT2D eigenvalue weighted by Gasteiger charge is -2.28. The largest absolute Gasteiger partial charge is 0.490 e. The van der Waals surface area contributed by atoms with Crippen molar-refractivity contribution in [1.82, 2.24) is 0 Å². The van der Waals surface area contributed by atoms with Gasteiger partial charge in [0.25, 0.3) is 0 Å². The van der Waals surface area contributed by atoms with E-state index in [1.54, 1.807) is 0 Å². The number of hydrogen-bond acceptors (Lipinski definition) is 2. The second-order valence-corrected chi connectivity index (χ2v) is 7.32. The number of hydrogen-bond donors (Lipinski definition) is 0. The molecule has 0 aliphatic heterocycles. The molecule has 0 heterocycles. The molecule has 0 saturated heterocycles. The summed E-state index contributed by atoms with van der Waals surface area (Å²) in [4.78, 5) is 0. The minimum atomic E-state index is -3.04. The van der Waals surface area contributed by atoms with Crippen LogP contribution in [0.3, 0.4) is 0 Å². The Morgan fingerprint density at radius 3 is 2.19 bits per heavy atom. The maximum atomic E-state index is 14.0. The van der Waals surface area contributed by atoms with Crippen molar-refractivity contribution in [2.75, 3.05) is 6.61 Å². The molecule has 2 nitrogen and oxygen atoms in total. The highest BCUT2D eigenvalue weighted by molar-refractivity contribution is 5.35. The van der Waals surface area contributed by atoms with Crippen LogP contribution in [0.25, 0.3) is 0 Å². The van der Waals surface area contributed by atoms with E-state index in [1.165, 1.54) is 69.6 Å². The minimum Gasteiger partial charge on any atom is -0.490 e. The molecule has 0 radical (unpaired) electrons. The van der Waals surface area contributed by atoms with Gasteiger partial charge in [-0.2, -0.15) is 13.2 Å². The van der Waals surface area contributed by atoms with Crippen molar-refractivity contribution in [1.29, 1.82) is 0 Å². The van der Waals surface area contributed by atoms with Gasteiger partial charge in [0.1, 0.15) is 0 Å². The number of ether oxygens (including phenoxy) is 2. The van der Waals surface area contributed by atoms with Crippen molar-refractivity contribution in [3.8, 4) is 11.5 Å². The van der Waals surface area contributed by atoms with Crippen LogP contribution in [-0.4, -0.2) is 13.2 Å². The highest BCUT2D eigenvalue weighted by atomic mass is 19.3. The van der Waals surface area contributed by atoms with E-state index in [-0.39, 0.29) is 5.75 Å². The molecule has 5 heteroatoms. The molecule has 0 atom stereocenters. The van der Waals surface area contributed by atoms with E-state index in [2.05, 4.69) is 11.7 Å². The van der Waals surface area contributed by atoms with Crippen molar-refractivity contribution in [3.63, 3.8) is 0 Å². The lowest BCUT2D eigenvalue weighted by molar-refractivity contribution is -0.0524. The van der Waals surface area contributed by atoms with Gasteiger partial charge in [0.2, 0.25) is 5.82 Å². The van der Waals surface area contributed by atoms with Gasteiger partial charge in [-0.25, -0.2) is 0 Å². The third-order valence-electron chi connectivity index (χ3n) is 5.34. The van der Waals surface area contributed by atoms with Crippen LogP contribution in [-0.2, 0) is 0 Å². The molecule has 2 rings (SSSR count). The molecule has 0 unspecified atom stereocenters. The standard InChI is InChI=1S/C21H31F3O2/c1-2-3-4-7-16-11-13-17(14-12-16)8-6-15-25-18-9-5-10-19(20(18)22)26-21(23)24/h5,9-10,16-17,21H,2-4,6-8,11-15H2,1H3. The fourth-order valence-electron chi connectivity index (χ4n) is 3.84. The summed E-state index contributed by atoms with van der Waals surface area (Å²) in [6, 6.07) is 4.07. The molecule has 0 spiro atoms. The molecular formula is C21H31F3O2. The van der Waals surface area contributed by atoms with Gasteiger partial charge in [0, 0.05) is 0 Å². The highest BCUT2D eigenvalue weighted by Crippen LogP contribution is 2.34. The van der Waals surface area contributed by atoms with Crippen LogP contribution in [0.5, 0.6) is 11.5 Å². The molecule has 0 aromatic heterocycles. The zero-order valence-electron chi connectivity index (χ0n) is 15.7. The second-order valence-electron chi connectivity index (χ2n) is 7.32. The van der Waals surface area contributed by atoms with E-state index < -0.39 is 18.2 Å². The van der Waals surface area contributed by atoms with Gasteiger partial charge in [-0.1, -0.05) is 64.4 Å². The fraction of sp³-hybridized carbons (Fsp3) is 0.714. The summed E-state index contributed by atoms with van der Waals surface area (Å²) in [6.45, 7) is -0.407. The summed E-state index contributed by atoms with van der Waals surface area (Å²) in [5, 5.41) is 0. The quantitative estimate of drug-likeness (QED) is 0.390. The van der Waals surface area contributed by atoms with Crippen LogP contribution >= 0.6 is 0 Å². The van der Waals surface area contributed by atoms with E-state index in [4.69, 9.17) is 4.74 Å². The number of rotatable bonds is 11. The lowest BCUT2D eigenvalue weighted by Crippen LogP contribution is -2.15. The maximum Gasteiger partial charge on any atom is 0.387 e. The normalized spacial score (nSPS) is 20.3.